The molecule has 0 aliphatic carbocycles. The van der Waals surface area contributed by atoms with E-state index in [1.807, 2.05) is 42.1 Å². The summed E-state index contributed by atoms with van der Waals surface area (Å²) >= 11 is 1.99. The molecule has 0 bridgehead atoms. The lowest BCUT2D eigenvalue weighted by Gasteiger charge is -2.27. The number of anilines is 1. The van der Waals surface area contributed by atoms with Crippen molar-refractivity contribution in [3.8, 4) is 40.0 Å². The van der Waals surface area contributed by atoms with E-state index in [4.69, 9.17) is 9.72 Å². The number of benzene rings is 3. The summed E-state index contributed by atoms with van der Waals surface area (Å²) in [6.45, 7) is 4.26. The summed E-state index contributed by atoms with van der Waals surface area (Å²) in [6, 6.07) is 26.6. The molecule has 2 atom stereocenters. The van der Waals surface area contributed by atoms with Crippen LogP contribution in [0.25, 0.3) is 22.4 Å². The Morgan fingerprint density at radius 3 is 2.38 bits per heavy atom. The van der Waals surface area contributed by atoms with E-state index < -0.39 is 23.9 Å². The molecule has 3 N–H and O–H groups in total. The second-order valence-corrected chi connectivity index (χ2v) is 12.9. The molecule has 2 aliphatic rings. The molecule has 1 aromatic heterocycles. The fourth-order valence-electron chi connectivity index (χ4n) is 5.80. The van der Waals surface area contributed by atoms with Crippen molar-refractivity contribution in [1.82, 2.24) is 20.9 Å². The highest BCUT2D eigenvalue weighted by Crippen LogP contribution is 2.27. The van der Waals surface area contributed by atoms with Crippen LogP contribution in [0.3, 0.4) is 0 Å². The van der Waals surface area contributed by atoms with Gasteiger partial charge in [-0.2, -0.15) is 11.8 Å². The Bertz CT molecular complexity index is 1860. The number of nitrogens with one attached hydrogen (secondary N) is 3. The molecular formula is C38H37N5O4S. The van der Waals surface area contributed by atoms with E-state index in [0.29, 0.717) is 24.4 Å². The SMILES string of the molecule is COc1ccc(CNCC(C#Cc2ccc(-c3ccc(-c4cccc(N5CCSCC5)n4)cc3)cc2)C2NC(=O)NC2=O)c(C(C)=O)c1. The molecule has 3 aromatic carbocycles. The Kier molecular flexibility index (Phi) is 10.4. The van der Waals surface area contributed by atoms with Crippen LogP contribution in [0.5, 0.6) is 5.75 Å². The number of hydrogen-bond donors (Lipinski definition) is 3. The maximum absolute atomic E-state index is 12.5. The van der Waals surface area contributed by atoms with Crippen LogP contribution >= 0.6 is 11.8 Å². The molecule has 10 heteroatoms. The van der Waals surface area contributed by atoms with Gasteiger partial charge in [-0.3, -0.25) is 14.9 Å². The minimum atomic E-state index is -0.799. The third-order valence-electron chi connectivity index (χ3n) is 8.45. The zero-order valence-corrected chi connectivity index (χ0v) is 27.7. The first kappa shape index (κ1) is 32.8. The number of pyridine rings is 1. The summed E-state index contributed by atoms with van der Waals surface area (Å²) in [5.41, 5.74) is 6.32. The molecule has 4 aromatic rings. The maximum Gasteiger partial charge on any atom is 0.322 e. The van der Waals surface area contributed by atoms with E-state index >= 15 is 0 Å². The Labute approximate surface area is 284 Å². The van der Waals surface area contributed by atoms with Gasteiger partial charge in [0.25, 0.3) is 5.91 Å². The molecule has 0 radical (unpaired) electrons. The molecule has 2 fully saturated rings. The molecule has 0 saturated carbocycles. The van der Waals surface area contributed by atoms with E-state index in [1.165, 1.54) is 6.92 Å². The molecule has 2 saturated heterocycles. The van der Waals surface area contributed by atoms with Crippen LogP contribution in [-0.2, 0) is 11.3 Å². The van der Waals surface area contributed by atoms with Crippen LogP contribution in [0.15, 0.2) is 84.9 Å². The van der Waals surface area contributed by atoms with Crippen molar-refractivity contribution in [2.75, 3.05) is 43.1 Å². The average molecular weight is 660 g/mol. The highest BCUT2D eigenvalue weighted by Gasteiger charge is 2.35. The number of ether oxygens (including phenoxy) is 1. The first-order chi connectivity index (χ1) is 23.4. The standard InChI is InChI=1S/C38H37N5O4S/c1-25(44)33-22-32(47-2)17-16-30(33)23-39-24-31(36-37(45)42-38(46)41-36)11-8-26-6-9-27(10-7-26)28-12-14-29(15-13-28)34-4-3-5-35(40-34)43-18-20-48-21-19-43/h3-7,9-10,12-17,22,31,36,39H,18-21,23-24H2,1-2H3,(H2,41,42,45,46). The van der Waals surface area contributed by atoms with Gasteiger partial charge in [-0.25, -0.2) is 9.78 Å². The van der Waals surface area contributed by atoms with Crippen molar-refractivity contribution in [2.45, 2.75) is 19.5 Å². The number of hydrogen-bond acceptors (Lipinski definition) is 8. The number of carbonyl (C=O) groups is 3. The van der Waals surface area contributed by atoms with Crippen LogP contribution in [0, 0.1) is 17.8 Å². The number of imide groups is 1. The van der Waals surface area contributed by atoms with Gasteiger partial charge in [0.2, 0.25) is 0 Å². The molecule has 0 spiro atoms. The molecule has 9 nitrogen and oxygen atoms in total. The Hall–Kier alpha value is -5.11. The number of aromatic nitrogens is 1. The Morgan fingerprint density at radius 2 is 1.71 bits per heavy atom. The topological polar surface area (TPSA) is 113 Å². The summed E-state index contributed by atoms with van der Waals surface area (Å²) in [5, 5.41) is 8.29. The summed E-state index contributed by atoms with van der Waals surface area (Å²) in [6.07, 6.45) is 0. The molecule has 3 heterocycles. The molecule has 48 heavy (non-hydrogen) atoms. The minimum absolute atomic E-state index is 0.0711. The smallest absolute Gasteiger partial charge is 0.322 e. The molecule has 244 valence electrons. The monoisotopic (exact) mass is 659 g/mol. The average Bonchev–Trinajstić information content (AvgIpc) is 3.47. The number of rotatable bonds is 10. The van der Waals surface area contributed by atoms with E-state index in [-0.39, 0.29) is 5.78 Å². The van der Waals surface area contributed by atoms with E-state index in [9.17, 15) is 14.4 Å². The van der Waals surface area contributed by atoms with Gasteiger partial charge in [0, 0.05) is 54.4 Å². The van der Waals surface area contributed by atoms with Crippen LogP contribution in [-0.4, -0.2) is 67.0 Å². The lowest BCUT2D eigenvalue weighted by Crippen LogP contribution is -2.41. The molecule has 6 rings (SSSR count). The number of carbonyl (C=O) groups excluding carboxylic acids is 3. The first-order valence-electron chi connectivity index (χ1n) is 15.9. The van der Waals surface area contributed by atoms with Crippen LogP contribution in [0.2, 0.25) is 0 Å². The molecule has 3 amide bonds. The maximum atomic E-state index is 12.5. The van der Waals surface area contributed by atoms with Crippen molar-refractivity contribution < 1.29 is 19.1 Å². The Morgan fingerprint density at radius 1 is 1.00 bits per heavy atom. The van der Waals surface area contributed by atoms with Gasteiger partial charge in [-0.05, 0) is 60.0 Å². The zero-order chi connectivity index (χ0) is 33.5. The first-order valence-corrected chi connectivity index (χ1v) is 17.1. The summed E-state index contributed by atoms with van der Waals surface area (Å²) in [5.74, 6) is 9.29. The Balaban J connectivity index is 1.13. The molecule has 2 unspecified atom stereocenters. The van der Waals surface area contributed by atoms with Crippen molar-refractivity contribution >= 4 is 35.3 Å². The summed E-state index contributed by atoms with van der Waals surface area (Å²) in [4.78, 5) is 43.9. The predicted octanol–water partition coefficient (Wildman–Crippen LogP) is 5.15. The van der Waals surface area contributed by atoms with Crippen molar-refractivity contribution in [3.63, 3.8) is 0 Å². The normalized spacial score (nSPS) is 16.4. The fraction of sp³-hybridized carbons (Fsp3) is 0.263. The van der Waals surface area contributed by atoms with Gasteiger partial charge in [0.15, 0.2) is 5.78 Å². The predicted molar refractivity (Wildman–Crippen MR) is 190 cm³/mol. The van der Waals surface area contributed by atoms with E-state index in [1.54, 1.807) is 19.2 Å². The number of nitrogens with zero attached hydrogens (tertiary/aromatic N) is 2. The molecule has 2 aliphatic heterocycles. The second kappa shape index (κ2) is 15.2. The van der Waals surface area contributed by atoms with Crippen LogP contribution < -0.4 is 25.6 Å². The molecular weight excluding hydrogens is 623 g/mol. The third kappa shape index (κ3) is 7.88. The van der Waals surface area contributed by atoms with Crippen molar-refractivity contribution in [1.29, 1.82) is 0 Å². The van der Waals surface area contributed by atoms with Gasteiger partial charge < -0.3 is 20.3 Å². The lowest BCUT2D eigenvalue weighted by molar-refractivity contribution is -0.120. The number of methoxy groups -OCH3 is 1. The van der Waals surface area contributed by atoms with Gasteiger partial charge in [0.05, 0.1) is 18.7 Å². The number of urea groups is 1. The van der Waals surface area contributed by atoms with Crippen molar-refractivity contribution in [3.05, 3.63) is 102 Å². The van der Waals surface area contributed by atoms with Crippen LogP contribution in [0.1, 0.15) is 28.4 Å². The highest BCUT2D eigenvalue weighted by atomic mass is 32.2. The fourth-order valence-corrected chi connectivity index (χ4v) is 6.71. The lowest BCUT2D eigenvalue weighted by atomic mass is 9.98. The van der Waals surface area contributed by atoms with Gasteiger partial charge >= 0.3 is 6.03 Å². The van der Waals surface area contributed by atoms with Crippen LogP contribution in [0.4, 0.5) is 10.6 Å². The quantitative estimate of drug-likeness (QED) is 0.122. The van der Waals surface area contributed by atoms with Gasteiger partial charge in [-0.1, -0.05) is 60.4 Å². The second-order valence-electron chi connectivity index (χ2n) is 11.7. The van der Waals surface area contributed by atoms with Gasteiger partial charge in [0.1, 0.15) is 17.6 Å². The largest absolute Gasteiger partial charge is 0.497 e. The summed E-state index contributed by atoms with van der Waals surface area (Å²) in [7, 11) is 1.56. The zero-order valence-electron chi connectivity index (χ0n) is 26.9. The number of Topliss-reactive ketones (excluding diaryl/α,β-unsaturated/α-hetero) is 1. The number of thioether (sulfide) groups is 1. The summed E-state index contributed by atoms with van der Waals surface area (Å²) < 4.78 is 5.26. The third-order valence-corrected chi connectivity index (χ3v) is 9.40. The highest BCUT2D eigenvalue weighted by molar-refractivity contribution is 7.99. The van der Waals surface area contributed by atoms with Gasteiger partial charge in [-0.15, -0.1) is 0 Å². The number of amides is 3. The van der Waals surface area contributed by atoms with E-state index in [2.05, 4.69) is 75.2 Å². The number of ketones is 1. The van der Waals surface area contributed by atoms with Crippen molar-refractivity contribution in [2.24, 2.45) is 5.92 Å². The van der Waals surface area contributed by atoms with E-state index in [0.717, 1.165) is 63.9 Å². The minimum Gasteiger partial charge on any atom is -0.497 e.